The van der Waals surface area contributed by atoms with Crippen LogP contribution < -0.4 is 69.5 Å². The number of fused-ring (bicyclic) bond motifs is 3. The molecular weight excluding hydrogens is 1690 g/mol. The zero-order valence-electron chi connectivity index (χ0n) is 71.8. The normalized spacial score (nSPS) is 16.3. The van der Waals surface area contributed by atoms with Crippen molar-refractivity contribution in [3.05, 3.63) is 95.8 Å². The predicted octanol–water partition coefficient (Wildman–Crippen LogP) is 1.12. The Hall–Kier alpha value is -9.41. The molecule has 3 aromatic rings. The molecule has 125 heavy (non-hydrogen) atoms. The van der Waals surface area contributed by atoms with E-state index in [0.717, 1.165) is 69.7 Å². The molecule has 5 atom stereocenters. The summed E-state index contributed by atoms with van der Waals surface area (Å²) in [5.74, 6) is -6.31. The minimum absolute atomic E-state index is 0. The number of carbonyl (C=O) groups is 13. The molecule has 3 fully saturated rings. The number of amides is 13. The topological polar surface area (TPSA) is 533 Å². The van der Waals surface area contributed by atoms with Gasteiger partial charge in [0.1, 0.15) is 30.0 Å². The fourth-order valence-electron chi connectivity index (χ4n) is 14.1. The number of aromatic nitrogens is 1. The number of carboxylic acid groups (broad SMARTS) is 1. The number of unbranched alkanes of at least 4 members (excludes halogenated alkanes) is 2. The molecule has 2 aromatic carbocycles. The Labute approximate surface area is 741 Å². The minimum atomic E-state index is -4.16. The number of aryl methyl sites for hydroxylation is 1. The third-order valence-electron chi connectivity index (χ3n) is 20.9. The van der Waals surface area contributed by atoms with Crippen LogP contribution in [0.25, 0.3) is 6.08 Å². The summed E-state index contributed by atoms with van der Waals surface area (Å²) in [7, 11) is -4.16. The number of primary amides is 1. The van der Waals surface area contributed by atoms with E-state index < -0.39 is 84.6 Å². The Morgan fingerprint density at radius 3 is 1.60 bits per heavy atom. The van der Waals surface area contributed by atoms with Crippen molar-refractivity contribution >= 4 is 102 Å². The molecule has 1 aromatic heterocycles. The van der Waals surface area contributed by atoms with Crippen molar-refractivity contribution in [3.8, 4) is 0 Å². The fraction of sp³-hybridized carbons (Fsp3) is 0.619. The number of nitrogens with two attached hydrogens (primary N) is 1. The molecule has 2 aliphatic heterocycles. The third kappa shape index (κ3) is 47.1. The van der Waals surface area contributed by atoms with Crippen molar-refractivity contribution < 1.29 is 118 Å². The number of benzene rings is 2. The average Bonchev–Trinajstić information content (AvgIpc) is 0.804. The SMILES string of the molecule is Cc1ccccc1NC(=O)Nc1ccc(CC(=O)N[C@@H](CCCCNC(=O)/C=C/c2cccnc2)C(=O)N[C@@H](CCCC(=O)O)C(=O)NC2(C(=O)NCCOCCOCCNC(=O)CCC(=O)NCCOCCOCCNC(=O)CCC(=O)N[C@@H](CCCCNC(=O)CN3CCCN4CCN(CCCN(CP(=O)(O)O)CC4)CC3)C(N)=O)CCCCC2)cc1.[64Cu]. The molecule has 2 saturated heterocycles. The van der Waals surface area contributed by atoms with Crippen molar-refractivity contribution in [2.75, 3.05) is 181 Å². The summed E-state index contributed by atoms with van der Waals surface area (Å²) in [4.78, 5) is 201. The van der Waals surface area contributed by atoms with Gasteiger partial charge >= 0.3 is 19.6 Å². The summed E-state index contributed by atoms with van der Waals surface area (Å²) >= 11 is 0. The predicted molar refractivity (Wildman–Crippen MR) is 462 cm³/mol. The van der Waals surface area contributed by atoms with E-state index in [2.05, 4.69) is 83.5 Å². The van der Waals surface area contributed by atoms with E-state index in [1.54, 1.807) is 67.0 Å². The number of hydrogen-bond acceptors (Lipinski definition) is 23. The van der Waals surface area contributed by atoms with Crippen LogP contribution in [-0.4, -0.2) is 311 Å². The van der Waals surface area contributed by atoms with Crippen LogP contribution in [-0.2, 0) is 105 Å². The van der Waals surface area contributed by atoms with Gasteiger partial charge in [0.25, 0.3) is 0 Å². The average molecular weight is 1820 g/mol. The minimum Gasteiger partial charge on any atom is -0.481 e. The Bertz CT molecular complexity index is 3910. The molecule has 1 radical (unpaired) electrons. The molecular formula is C84H131CuN18O21P. The molecule has 1 saturated carbocycles. The number of para-hydroxylation sites is 1. The van der Waals surface area contributed by atoms with Gasteiger partial charge in [0.05, 0.1) is 65.8 Å². The van der Waals surface area contributed by atoms with Crippen molar-refractivity contribution in [1.82, 2.24) is 77.8 Å². The Kier molecular flexibility index (Phi) is 51.9. The molecule has 3 heterocycles. The molecule has 2 unspecified atom stereocenters. The van der Waals surface area contributed by atoms with E-state index in [-0.39, 0.29) is 216 Å². The molecule has 39 nitrogen and oxygen atoms in total. The van der Waals surface area contributed by atoms with Gasteiger partial charge in [0.15, 0.2) is 0 Å². The first-order valence-electron chi connectivity index (χ1n) is 43.1. The second-order valence-electron chi connectivity index (χ2n) is 31.0. The molecule has 13 amide bonds. The maximum absolute atomic E-state index is 14.4. The number of nitrogens with zero attached hydrogens (tertiary/aromatic N) is 5. The molecule has 3 aliphatic rings. The number of aliphatic carboxylic acids is 1. The number of hydrogen-bond donors (Lipinski definition) is 16. The van der Waals surface area contributed by atoms with Crippen LogP contribution in [0.1, 0.15) is 145 Å². The van der Waals surface area contributed by atoms with Gasteiger partial charge in [-0.15, -0.1) is 0 Å². The first-order valence-corrected chi connectivity index (χ1v) is 44.9. The standard InChI is InChI=1S/C84H131N18O21P.Cu/c1-63-15-3-4-17-67(63)97-83(116)93-66-25-22-64(23-26-66)59-76(108)95-69(19-6-10-35-87-71(103)27-24-65-16-12-34-86-60-65)80(113)96-70(20-11-21-78(110)111)81(114)98-84(32-7-2-8-33-84)82(115)92-40-54-123-58-57-122-52-38-90-73(105)29-28-72(104)89-37-51-120-55-56-121-53-39-91-74(106)30-31-75(107)94-68(79(85)112)18-5-9-36-88-77(109)61-101-43-13-41-100-46-45-99(47-49-101)42-14-44-102(50-48-100)62-124(117,118)119;/h3-4,12,15-17,22-27,34,60,68-70H,2,5-11,13-14,18-21,28-33,35-59,61-62H2,1H3,(H2,85,112)(H,87,103)(H,88,109)(H,89,104)(H,90,105)(H,91,106)(H,92,115)(H,94,107)(H,95,108)(H,96,113)(H,98,114)(H,110,111)(H2,93,97,116)(H2,117,118,119);/b27-24+;/t68-,69-,70-;/m0./s1/i;1+0. The second-order valence-corrected chi connectivity index (χ2v) is 32.6. The van der Waals surface area contributed by atoms with Gasteiger partial charge in [0.2, 0.25) is 65.0 Å². The summed E-state index contributed by atoms with van der Waals surface area (Å²) in [5, 5.41) is 42.9. The Morgan fingerprint density at radius 2 is 1.03 bits per heavy atom. The van der Waals surface area contributed by atoms with Crippen LogP contribution in [0.5, 0.6) is 0 Å². The monoisotopic (exact) mass is 1820 g/mol. The van der Waals surface area contributed by atoms with Crippen molar-refractivity contribution in [1.29, 1.82) is 0 Å². The van der Waals surface area contributed by atoms with Crippen LogP contribution in [0.15, 0.2) is 79.1 Å². The third-order valence-corrected chi connectivity index (χ3v) is 21.6. The Morgan fingerprint density at radius 1 is 0.512 bits per heavy atom. The number of ether oxygens (including phenoxy) is 4. The number of carbonyl (C=O) groups excluding carboxylic acids is 12. The maximum Gasteiger partial charge on any atom is 0.339 e. The van der Waals surface area contributed by atoms with Gasteiger partial charge in [-0.25, -0.2) is 4.79 Å². The summed E-state index contributed by atoms with van der Waals surface area (Å²) in [6, 6.07) is 13.5. The first-order chi connectivity index (χ1) is 59.7. The molecule has 699 valence electrons. The molecule has 6 rings (SSSR count). The summed E-state index contributed by atoms with van der Waals surface area (Å²) < 4.78 is 34.0. The van der Waals surface area contributed by atoms with E-state index in [4.69, 9.17) is 24.7 Å². The van der Waals surface area contributed by atoms with Crippen molar-refractivity contribution in [2.45, 2.75) is 165 Å². The van der Waals surface area contributed by atoms with Crippen LogP contribution in [0.4, 0.5) is 16.2 Å². The molecule has 17 N–H and O–H groups in total. The number of urea groups is 1. The zero-order chi connectivity index (χ0) is 89.6. The van der Waals surface area contributed by atoms with E-state index in [9.17, 15) is 81.8 Å². The van der Waals surface area contributed by atoms with E-state index >= 15 is 0 Å². The van der Waals surface area contributed by atoms with Gasteiger partial charge in [0, 0.05) is 164 Å². The molecule has 0 spiro atoms. The van der Waals surface area contributed by atoms with Crippen LogP contribution >= 0.6 is 7.60 Å². The van der Waals surface area contributed by atoms with E-state index in [0.29, 0.717) is 88.2 Å². The molecule has 1 aliphatic carbocycles. The van der Waals surface area contributed by atoms with Crippen LogP contribution in [0.2, 0.25) is 0 Å². The fourth-order valence-corrected chi connectivity index (χ4v) is 14.9. The summed E-state index contributed by atoms with van der Waals surface area (Å²) in [6.45, 7) is 12.1. The Balaban J connectivity index is 0.0000277. The first kappa shape index (κ1) is 106. The largest absolute Gasteiger partial charge is 0.481 e. The molecule has 2 bridgehead atoms. The summed E-state index contributed by atoms with van der Waals surface area (Å²) in [6.07, 6.45) is 11.3. The number of rotatable bonds is 56. The van der Waals surface area contributed by atoms with E-state index in [1.165, 1.54) is 6.08 Å². The van der Waals surface area contributed by atoms with Gasteiger partial charge in [-0.2, -0.15) is 0 Å². The smallest absolute Gasteiger partial charge is 0.339 e. The van der Waals surface area contributed by atoms with Gasteiger partial charge < -0.3 is 113 Å². The summed E-state index contributed by atoms with van der Waals surface area (Å²) in [5.41, 5.74) is 7.49. The number of carboxylic acids is 1. The van der Waals surface area contributed by atoms with Gasteiger partial charge in [-0.1, -0.05) is 55.7 Å². The number of pyridine rings is 1. The zero-order valence-corrected chi connectivity index (χ0v) is 73.6. The second kappa shape index (κ2) is 61.1. The number of anilines is 2. The van der Waals surface area contributed by atoms with E-state index in [1.807, 2.05) is 24.0 Å². The quantitative estimate of drug-likeness (QED) is 0.0163. The van der Waals surface area contributed by atoms with Gasteiger partial charge in [-0.3, -0.25) is 76.9 Å². The molecule has 41 heteroatoms. The number of nitrogens with one attached hydrogen (secondary N) is 12. The van der Waals surface area contributed by atoms with Crippen LogP contribution in [0, 0.1) is 6.92 Å². The van der Waals surface area contributed by atoms with Crippen molar-refractivity contribution in [3.63, 3.8) is 0 Å². The van der Waals surface area contributed by atoms with Gasteiger partial charge in [-0.05, 0) is 151 Å². The maximum atomic E-state index is 14.4. The van der Waals surface area contributed by atoms with Crippen LogP contribution in [0.3, 0.4) is 0 Å². The van der Waals surface area contributed by atoms with Crippen molar-refractivity contribution in [2.24, 2.45) is 5.73 Å².